The molecule has 4 heterocycles. The monoisotopic (exact) mass is 350 g/mol. The van der Waals surface area contributed by atoms with Crippen molar-refractivity contribution in [3.8, 4) is 0 Å². The molecule has 134 valence electrons. The molecule has 0 saturated carbocycles. The molecule has 1 unspecified atom stereocenters. The molecule has 2 aliphatic heterocycles. The van der Waals surface area contributed by atoms with Gasteiger partial charge in [0.15, 0.2) is 5.69 Å². The normalized spacial score (nSPS) is 19.9. The highest BCUT2D eigenvalue weighted by Gasteiger charge is 2.35. The first-order chi connectivity index (χ1) is 12.7. The van der Waals surface area contributed by atoms with Crippen molar-refractivity contribution in [2.75, 3.05) is 13.1 Å². The van der Waals surface area contributed by atoms with Crippen LogP contribution in [0.5, 0.6) is 0 Å². The van der Waals surface area contributed by atoms with Gasteiger partial charge in [-0.2, -0.15) is 5.10 Å². The number of rotatable bonds is 2. The standard InChI is InChI=1S/C19H22N6O/c1-11-4-2-5-13-16(11)22-18(21-13)15-6-3-9-25(15)19(26)17-12-7-8-20-10-14(12)23-24-17/h2,4-5,15,20H,3,6-10H2,1H3,(H,21,22)(H,23,24). The Kier molecular flexibility index (Phi) is 3.56. The Morgan fingerprint density at radius 3 is 3.15 bits per heavy atom. The van der Waals surface area contributed by atoms with E-state index in [1.54, 1.807) is 0 Å². The highest BCUT2D eigenvalue weighted by molar-refractivity contribution is 5.94. The van der Waals surface area contributed by atoms with E-state index < -0.39 is 0 Å². The quantitative estimate of drug-likeness (QED) is 0.661. The lowest BCUT2D eigenvalue weighted by Crippen LogP contribution is -2.33. The van der Waals surface area contributed by atoms with E-state index in [-0.39, 0.29) is 11.9 Å². The van der Waals surface area contributed by atoms with Crippen LogP contribution >= 0.6 is 0 Å². The van der Waals surface area contributed by atoms with Crippen LogP contribution in [0.2, 0.25) is 0 Å². The number of aryl methyl sites for hydroxylation is 1. The number of carbonyl (C=O) groups is 1. The Morgan fingerprint density at radius 1 is 1.35 bits per heavy atom. The molecule has 2 aliphatic rings. The third-order valence-electron chi connectivity index (χ3n) is 5.57. The number of carbonyl (C=O) groups excluding carboxylic acids is 1. The van der Waals surface area contributed by atoms with Crippen molar-refractivity contribution in [3.05, 3.63) is 46.5 Å². The van der Waals surface area contributed by atoms with Crippen LogP contribution in [0.3, 0.4) is 0 Å². The van der Waals surface area contributed by atoms with E-state index >= 15 is 0 Å². The third-order valence-corrected chi connectivity index (χ3v) is 5.57. The lowest BCUT2D eigenvalue weighted by atomic mass is 10.0. The van der Waals surface area contributed by atoms with E-state index in [4.69, 9.17) is 4.98 Å². The van der Waals surface area contributed by atoms with Gasteiger partial charge in [-0.05, 0) is 44.4 Å². The van der Waals surface area contributed by atoms with Gasteiger partial charge in [0, 0.05) is 18.7 Å². The topological polar surface area (TPSA) is 89.7 Å². The number of hydrogen-bond donors (Lipinski definition) is 3. The van der Waals surface area contributed by atoms with Gasteiger partial charge in [0.1, 0.15) is 5.82 Å². The zero-order valence-electron chi connectivity index (χ0n) is 14.8. The number of fused-ring (bicyclic) bond motifs is 2. The number of aromatic nitrogens is 4. The van der Waals surface area contributed by atoms with Crippen molar-refractivity contribution >= 4 is 16.9 Å². The summed E-state index contributed by atoms with van der Waals surface area (Å²) in [5.74, 6) is 0.898. The van der Waals surface area contributed by atoms with Gasteiger partial charge < -0.3 is 15.2 Å². The van der Waals surface area contributed by atoms with Gasteiger partial charge in [0.2, 0.25) is 0 Å². The number of para-hydroxylation sites is 1. The lowest BCUT2D eigenvalue weighted by Gasteiger charge is -2.23. The Morgan fingerprint density at radius 2 is 2.27 bits per heavy atom. The molecule has 3 aromatic rings. The number of hydrogen-bond acceptors (Lipinski definition) is 4. The van der Waals surface area contributed by atoms with Gasteiger partial charge >= 0.3 is 0 Å². The molecular weight excluding hydrogens is 328 g/mol. The van der Waals surface area contributed by atoms with Gasteiger partial charge in [-0.15, -0.1) is 0 Å². The highest BCUT2D eigenvalue weighted by Crippen LogP contribution is 2.33. The minimum absolute atomic E-state index is 0.0108. The molecule has 0 bridgehead atoms. The average molecular weight is 350 g/mol. The number of nitrogens with one attached hydrogen (secondary N) is 3. The predicted molar refractivity (Wildman–Crippen MR) is 97.8 cm³/mol. The minimum atomic E-state index is -0.0108. The van der Waals surface area contributed by atoms with Crippen molar-refractivity contribution < 1.29 is 4.79 Å². The molecule has 1 aromatic carbocycles. The summed E-state index contributed by atoms with van der Waals surface area (Å²) in [4.78, 5) is 23.4. The average Bonchev–Trinajstić information content (AvgIpc) is 3.38. The molecule has 2 aromatic heterocycles. The summed E-state index contributed by atoms with van der Waals surface area (Å²) in [5, 5.41) is 10.7. The Hall–Kier alpha value is -2.67. The molecule has 26 heavy (non-hydrogen) atoms. The maximum atomic E-state index is 13.2. The van der Waals surface area contributed by atoms with Gasteiger partial charge in [-0.3, -0.25) is 9.89 Å². The van der Waals surface area contributed by atoms with E-state index in [1.165, 1.54) is 0 Å². The molecular formula is C19H22N6O. The van der Waals surface area contributed by atoms with Crippen molar-refractivity contribution in [1.29, 1.82) is 0 Å². The van der Waals surface area contributed by atoms with Crippen LogP contribution < -0.4 is 5.32 Å². The second-order valence-electron chi connectivity index (χ2n) is 7.21. The van der Waals surface area contributed by atoms with E-state index in [0.29, 0.717) is 5.69 Å². The predicted octanol–water partition coefficient (Wildman–Crippen LogP) is 2.22. The van der Waals surface area contributed by atoms with Crippen LogP contribution in [0, 0.1) is 6.92 Å². The number of likely N-dealkylation sites (tertiary alicyclic amines) is 1. The summed E-state index contributed by atoms with van der Waals surface area (Å²) in [6.45, 7) is 4.45. The molecule has 1 fully saturated rings. The molecule has 3 N–H and O–H groups in total. The van der Waals surface area contributed by atoms with Gasteiger partial charge in [0.05, 0.1) is 22.8 Å². The number of nitrogens with zero attached hydrogens (tertiary/aromatic N) is 3. The number of imidazole rings is 1. The fraction of sp³-hybridized carbons (Fsp3) is 0.421. The van der Waals surface area contributed by atoms with Gasteiger partial charge in [0.25, 0.3) is 5.91 Å². The molecule has 1 atom stereocenters. The summed E-state index contributed by atoms with van der Waals surface area (Å²) >= 11 is 0. The van der Waals surface area contributed by atoms with Crippen LogP contribution in [0.25, 0.3) is 11.0 Å². The highest BCUT2D eigenvalue weighted by atomic mass is 16.2. The fourth-order valence-corrected chi connectivity index (χ4v) is 4.20. The molecule has 7 heteroatoms. The summed E-state index contributed by atoms with van der Waals surface area (Å²) < 4.78 is 0. The van der Waals surface area contributed by atoms with E-state index in [2.05, 4.69) is 33.5 Å². The fourth-order valence-electron chi connectivity index (χ4n) is 4.20. The first kappa shape index (κ1) is 15.6. The molecule has 0 radical (unpaired) electrons. The zero-order chi connectivity index (χ0) is 17.7. The van der Waals surface area contributed by atoms with Crippen LogP contribution in [-0.4, -0.2) is 44.1 Å². The Labute approximate surface area is 151 Å². The van der Waals surface area contributed by atoms with Crippen molar-refractivity contribution in [1.82, 2.24) is 30.4 Å². The summed E-state index contributed by atoms with van der Waals surface area (Å²) in [6, 6.07) is 6.12. The van der Waals surface area contributed by atoms with Crippen LogP contribution in [-0.2, 0) is 13.0 Å². The number of amides is 1. The van der Waals surface area contributed by atoms with E-state index in [9.17, 15) is 4.79 Å². The van der Waals surface area contributed by atoms with Crippen molar-refractivity contribution in [3.63, 3.8) is 0 Å². The molecule has 1 saturated heterocycles. The first-order valence-electron chi connectivity index (χ1n) is 9.25. The van der Waals surface area contributed by atoms with Crippen LogP contribution in [0.1, 0.15) is 52.0 Å². The van der Waals surface area contributed by atoms with Gasteiger partial charge in [-0.1, -0.05) is 12.1 Å². The Balaban J connectivity index is 1.49. The van der Waals surface area contributed by atoms with E-state index in [1.807, 2.05) is 17.0 Å². The second-order valence-corrected chi connectivity index (χ2v) is 7.21. The van der Waals surface area contributed by atoms with Crippen LogP contribution in [0.15, 0.2) is 18.2 Å². The SMILES string of the molecule is Cc1cccc2[nH]c(C3CCCN3C(=O)c3n[nH]c4c3CCNC4)nc12. The van der Waals surface area contributed by atoms with Crippen molar-refractivity contribution in [2.45, 2.75) is 38.8 Å². The van der Waals surface area contributed by atoms with Crippen LogP contribution in [0.4, 0.5) is 0 Å². The number of benzene rings is 1. The smallest absolute Gasteiger partial charge is 0.275 e. The molecule has 0 aliphatic carbocycles. The second kappa shape index (κ2) is 5.95. The largest absolute Gasteiger partial charge is 0.340 e. The Bertz CT molecular complexity index is 987. The summed E-state index contributed by atoms with van der Waals surface area (Å²) in [5.41, 5.74) is 5.86. The third kappa shape index (κ3) is 2.34. The maximum Gasteiger partial charge on any atom is 0.275 e. The molecule has 0 spiro atoms. The van der Waals surface area contributed by atoms with Gasteiger partial charge in [-0.25, -0.2) is 4.98 Å². The molecule has 7 nitrogen and oxygen atoms in total. The summed E-state index contributed by atoms with van der Waals surface area (Å²) in [6.07, 6.45) is 2.76. The van der Waals surface area contributed by atoms with Crippen molar-refractivity contribution in [2.24, 2.45) is 0 Å². The number of aromatic amines is 2. The first-order valence-corrected chi connectivity index (χ1v) is 9.25. The maximum absolute atomic E-state index is 13.2. The van der Waals surface area contributed by atoms with E-state index in [0.717, 1.165) is 72.6 Å². The molecule has 1 amide bonds. The zero-order valence-corrected chi connectivity index (χ0v) is 14.8. The molecule has 5 rings (SSSR count). The summed E-state index contributed by atoms with van der Waals surface area (Å²) in [7, 11) is 0. The number of H-pyrrole nitrogens is 2. The minimum Gasteiger partial charge on any atom is -0.340 e. The lowest BCUT2D eigenvalue weighted by molar-refractivity contribution is 0.0723.